The Morgan fingerprint density at radius 3 is 1.32 bits per heavy atom. The van der Waals surface area contributed by atoms with Gasteiger partial charge in [-0.05, 0) is 38.5 Å². The van der Waals surface area contributed by atoms with Crippen LogP contribution in [0.2, 0.25) is 0 Å². The summed E-state index contributed by atoms with van der Waals surface area (Å²) in [7, 11) is -5.01. The number of carbonyl (C=O) groups excluding carboxylic acids is 1. The summed E-state index contributed by atoms with van der Waals surface area (Å²) in [6.45, 7) is 4.29. The minimum absolute atomic E-state index is 0.0725. The molecule has 6 N–H and O–H groups in total. The van der Waals surface area contributed by atoms with E-state index in [4.69, 9.17) is 18.5 Å². The van der Waals surface area contributed by atoms with Gasteiger partial charge in [0.1, 0.15) is 42.7 Å². The Bertz CT molecular complexity index is 1050. The lowest BCUT2D eigenvalue weighted by Gasteiger charge is -2.41. The molecule has 0 saturated heterocycles. The maximum Gasteiger partial charge on any atom is 0.472 e. The van der Waals surface area contributed by atoms with E-state index in [0.29, 0.717) is 13.0 Å². The SMILES string of the molecule is CCCCCCCCC/C=C\CCCCCCCCCC(=O)OC(COCCCCCCCCCCCCCCCCC)COP(=O)(O)OC1C(O)C(O)C(O)C(O)C1O. The van der Waals surface area contributed by atoms with Gasteiger partial charge >= 0.3 is 13.8 Å². The minimum atomic E-state index is -5.01. The van der Waals surface area contributed by atoms with Crippen LogP contribution in [0.15, 0.2) is 12.2 Å². The van der Waals surface area contributed by atoms with Gasteiger partial charge in [0.25, 0.3) is 0 Å². The molecule has 0 bridgehead atoms. The van der Waals surface area contributed by atoms with Gasteiger partial charge in [0.05, 0.1) is 13.2 Å². The van der Waals surface area contributed by atoms with Gasteiger partial charge in [-0.3, -0.25) is 13.8 Å². The lowest BCUT2D eigenvalue weighted by atomic mass is 9.85. The number of hydrogen-bond donors (Lipinski definition) is 6. The van der Waals surface area contributed by atoms with E-state index >= 15 is 0 Å². The number of aliphatic hydroxyl groups is 5. The Kier molecular flexibility index (Phi) is 36.7. The largest absolute Gasteiger partial charge is 0.472 e. The van der Waals surface area contributed by atoms with Crippen LogP contribution in [0.5, 0.6) is 0 Å². The average Bonchev–Trinajstić information content (AvgIpc) is 3.23. The van der Waals surface area contributed by atoms with Crippen LogP contribution < -0.4 is 0 Å². The zero-order valence-electron chi connectivity index (χ0n) is 38.0. The lowest BCUT2D eigenvalue weighted by molar-refractivity contribution is -0.220. The number of esters is 1. The van der Waals surface area contributed by atoms with Crippen molar-refractivity contribution in [3.63, 3.8) is 0 Å². The summed E-state index contributed by atoms with van der Waals surface area (Å²) in [4.78, 5) is 23.2. The summed E-state index contributed by atoms with van der Waals surface area (Å²) >= 11 is 0. The van der Waals surface area contributed by atoms with Crippen molar-refractivity contribution in [1.82, 2.24) is 0 Å². The molecule has 12 nitrogen and oxygen atoms in total. The highest BCUT2D eigenvalue weighted by Gasteiger charge is 2.51. The molecule has 13 heteroatoms. The number of aliphatic hydroxyl groups excluding tert-OH is 5. The number of hydrogen-bond acceptors (Lipinski definition) is 11. The summed E-state index contributed by atoms with van der Waals surface area (Å²) < 4.78 is 34.2. The van der Waals surface area contributed by atoms with E-state index in [0.717, 1.165) is 44.9 Å². The molecule has 0 heterocycles. The van der Waals surface area contributed by atoms with Gasteiger partial charge in [-0.2, -0.15) is 0 Å². The molecular weight excluding hydrogens is 787 g/mol. The van der Waals surface area contributed by atoms with Gasteiger partial charge in [-0.25, -0.2) is 4.57 Å². The number of phosphoric acid groups is 1. The third kappa shape index (κ3) is 30.2. The van der Waals surface area contributed by atoms with Crippen LogP contribution in [-0.2, 0) is 27.9 Å². The predicted molar refractivity (Wildman–Crippen MR) is 240 cm³/mol. The Morgan fingerprint density at radius 1 is 0.517 bits per heavy atom. The number of allylic oxidation sites excluding steroid dienone is 2. The van der Waals surface area contributed by atoms with Crippen LogP contribution in [0.4, 0.5) is 0 Å². The van der Waals surface area contributed by atoms with Crippen molar-refractivity contribution in [3.8, 4) is 0 Å². The van der Waals surface area contributed by atoms with Crippen molar-refractivity contribution >= 4 is 13.8 Å². The van der Waals surface area contributed by atoms with E-state index in [1.165, 1.54) is 148 Å². The number of ether oxygens (including phenoxy) is 2. The summed E-state index contributed by atoms with van der Waals surface area (Å²) in [6.07, 6.45) is 29.9. The Morgan fingerprint density at radius 2 is 0.883 bits per heavy atom. The summed E-state index contributed by atoms with van der Waals surface area (Å²) in [6, 6.07) is 0. The second-order valence-corrected chi connectivity index (χ2v) is 18.7. The van der Waals surface area contributed by atoms with Crippen molar-refractivity contribution in [3.05, 3.63) is 12.2 Å². The third-order valence-electron chi connectivity index (χ3n) is 11.6. The lowest BCUT2D eigenvalue weighted by Crippen LogP contribution is -2.64. The highest BCUT2D eigenvalue weighted by Crippen LogP contribution is 2.47. The molecule has 0 aliphatic heterocycles. The second kappa shape index (κ2) is 38.5. The van der Waals surface area contributed by atoms with Gasteiger partial charge in [0, 0.05) is 13.0 Å². The molecule has 60 heavy (non-hydrogen) atoms. The van der Waals surface area contributed by atoms with Crippen molar-refractivity contribution in [2.75, 3.05) is 19.8 Å². The Balaban J connectivity index is 2.36. The van der Waals surface area contributed by atoms with E-state index in [2.05, 4.69) is 26.0 Å². The first-order valence-electron chi connectivity index (χ1n) is 24.5. The highest BCUT2D eigenvalue weighted by atomic mass is 31.2. The van der Waals surface area contributed by atoms with Crippen molar-refractivity contribution in [1.29, 1.82) is 0 Å². The quantitative estimate of drug-likeness (QED) is 0.0147. The number of carbonyl (C=O) groups is 1. The molecule has 6 unspecified atom stereocenters. The Labute approximate surface area is 365 Å². The molecular formula is C47H91O12P. The summed E-state index contributed by atoms with van der Waals surface area (Å²) in [5.41, 5.74) is 0. The molecule has 1 aliphatic carbocycles. The van der Waals surface area contributed by atoms with Crippen LogP contribution in [0, 0.1) is 0 Å². The van der Waals surface area contributed by atoms with Gasteiger partial charge in [0.15, 0.2) is 0 Å². The van der Waals surface area contributed by atoms with Gasteiger partial charge in [-0.1, -0.05) is 187 Å². The van der Waals surface area contributed by atoms with Crippen LogP contribution in [-0.4, -0.2) is 98.9 Å². The first kappa shape index (κ1) is 57.1. The van der Waals surface area contributed by atoms with E-state index in [1.807, 2.05) is 0 Å². The van der Waals surface area contributed by atoms with E-state index in [1.54, 1.807) is 0 Å². The van der Waals surface area contributed by atoms with Crippen LogP contribution >= 0.6 is 7.82 Å². The first-order chi connectivity index (χ1) is 29.0. The predicted octanol–water partition coefficient (Wildman–Crippen LogP) is 10.3. The molecule has 6 atom stereocenters. The van der Waals surface area contributed by atoms with Crippen molar-refractivity contribution in [2.24, 2.45) is 0 Å². The second-order valence-electron chi connectivity index (χ2n) is 17.3. The maximum absolute atomic E-state index is 12.8. The molecule has 0 aromatic heterocycles. The topological polar surface area (TPSA) is 192 Å². The van der Waals surface area contributed by atoms with Crippen LogP contribution in [0.25, 0.3) is 0 Å². The highest BCUT2D eigenvalue weighted by molar-refractivity contribution is 7.47. The minimum Gasteiger partial charge on any atom is -0.457 e. The number of unbranched alkanes of at least 4 members (excludes halogenated alkanes) is 28. The van der Waals surface area contributed by atoms with Gasteiger partial charge < -0.3 is 39.9 Å². The number of phosphoric ester groups is 1. The Hall–Kier alpha value is -0.920. The fraction of sp³-hybridized carbons (Fsp3) is 0.936. The number of rotatable bonds is 42. The molecule has 1 fully saturated rings. The van der Waals surface area contributed by atoms with Crippen LogP contribution in [0.3, 0.4) is 0 Å². The molecule has 0 radical (unpaired) electrons. The molecule has 0 aromatic carbocycles. The zero-order valence-corrected chi connectivity index (χ0v) is 38.9. The van der Waals surface area contributed by atoms with Gasteiger partial charge in [0.2, 0.25) is 0 Å². The molecule has 1 aliphatic rings. The summed E-state index contributed by atoms with van der Waals surface area (Å²) in [5.74, 6) is -0.477. The monoisotopic (exact) mass is 879 g/mol. The normalized spacial score (nSPS) is 22.3. The molecule has 1 saturated carbocycles. The van der Waals surface area contributed by atoms with Crippen molar-refractivity contribution in [2.45, 2.75) is 262 Å². The fourth-order valence-electron chi connectivity index (χ4n) is 7.70. The van der Waals surface area contributed by atoms with Gasteiger partial charge in [-0.15, -0.1) is 0 Å². The van der Waals surface area contributed by atoms with Crippen molar-refractivity contribution < 1.29 is 58.3 Å². The van der Waals surface area contributed by atoms with E-state index < -0.39 is 63.1 Å². The third-order valence-corrected chi connectivity index (χ3v) is 12.6. The van der Waals surface area contributed by atoms with E-state index in [9.17, 15) is 39.8 Å². The van der Waals surface area contributed by atoms with E-state index in [-0.39, 0.29) is 13.0 Å². The maximum atomic E-state index is 12.8. The summed E-state index contributed by atoms with van der Waals surface area (Å²) in [5, 5.41) is 50.2. The molecule has 356 valence electrons. The first-order valence-corrected chi connectivity index (χ1v) is 26.0. The average molecular weight is 879 g/mol. The van der Waals surface area contributed by atoms with Crippen LogP contribution in [0.1, 0.15) is 219 Å². The molecule has 0 aromatic rings. The molecule has 0 amide bonds. The standard InChI is InChI=1S/C47H91O12P/c1-3-5-7-9-11-13-15-17-19-20-21-22-24-26-28-30-32-34-36-41(48)58-40(39-57-60(54,55)59-47-45(52)43(50)42(49)44(51)46(47)53)38-56-37-35-33-31-29-27-25-23-18-16-14-12-10-8-6-4-2/h19-20,40,42-47,49-53H,3-18,21-39H2,1-2H3,(H,54,55)/b20-19-. The molecule has 1 rings (SSSR count). The fourth-order valence-corrected chi connectivity index (χ4v) is 8.68. The molecule has 0 spiro atoms. The smallest absolute Gasteiger partial charge is 0.457 e. The zero-order chi connectivity index (χ0) is 44.1.